The van der Waals surface area contributed by atoms with Crippen LogP contribution < -0.4 is 9.62 Å². The van der Waals surface area contributed by atoms with Gasteiger partial charge in [0.25, 0.3) is 10.0 Å². The summed E-state index contributed by atoms with van der Waals surface area (Å²) in [5.41, 5.74) is 2.29. The van der Waals surface area contributed by atoms with Crippen molar-refractivity contribution in [2.45, 2.75) is 45.2 Å². The van der Waals surface area contributed by atoms with Crippen LogP contribution in [-0.4, -0.2) is 44.3 Å². The van der Waals surface area contributed by atoms with Gasteiger partial charge < -0.3 is 10.2 Å². The summed E-state index contributed by atoms with van der Waals surface area (Å²) < 4.78 is 28.4. The molecule has 0 fully saturated rings. The molecule has 3 rings (SSSR count). The number of amides is 2. The predicted octanol–water partition coefficient (Wildman–Crippen LogP) is 4.38. The van der Waals surface area contributed by atoms with Crippen LogP contribution in [0.2, 0.25) is 0 Å². The van der Waals surface area contributed by atoms with Gasteiger partial charge in [-0.15, -0.1) is 0 Å². The molecular weight excluding hydrogens is 486 g/mol. The van der Waals surface area contributed by atoms with E-state index in [9.17, 15) is 18.0 Å². The number of rotatable bonds is 11. The molecule has 1 atom stereocenters. The number of nitrogens with zero attached hydrogens (tertiary/aromatic N) is 2. The summed E-state index contributed by atoms with van der Waals surface area (Å²) in [6.07, 6.45) is 0. The maximum absolute atomic E-state index is 13.8. The lowest BCUT2D eigenvalue weighted by Gasteiger charge is -2.32. The summed E-state index contributed by atoms with van der Waals surface area (Å²) in [4.78, 5) is 28.3. The van der Waals surface area contributed by atoms with Crippen molar-refractivity contribution < 1.29 is 18.0 Å². The Hall–Kier alpha value is -3.65. The molecule has 7 nitrogen and oxygen atoms in total. The van der Waals surface area contributed by atoms with Gasteiger partial charge in [-0.05, 0) is 49.6 Å². The smallest absolute Gasteiger partial charge is 0.264 e. The number of para-hydroxylation sites is 1. The van der Waals surface area contributed by atoms with Crippen LogP contribution in [0.1, 0.15) is 31.9 Å². The topological polar surface area (TPSA) is 86.8 Å². The van der Waals surface area contributed by atoms with E-state index < -0.39 is 28.5 Å². The molecule has 0 saturated carbocycles. The summed E-state index contributed by atoms with van der Waals surface area (Å²) in [5.74, 6) is -0.510. The van der Waals surface area contributed by atoms with Gasteiger partial charge in [-0.3, -0.25) is 13.9 Å². The van der Waals surface area contributed by atoms with E-state index in [0.717, 1.165) is 15.4 Å². The van der Waals surface area contributed by atoms with E-state index in [1.54, 1.807) is 55.5 Å². The van der Waals surface area contributed by atoms with Crippen LogP contribution in [0.3, 0.4) is 0 Å². The van der Waals surface area contributed by atoms with E-state index in [4.69, 9.17) is 0 Å². The number of sulfonamides is 1. The van der Waals surface area contributed by atoms with Gasteiger partial charge in [0.1, 0.15) is 12.6 Å². The molecule has 8 heteroatoms. The Bertz CT molecular complexity index is 1280. The van der Waals surface area contributed by atoms with Gasteiger partial charge in [-0.1, -0.05) is 80.1 Å². The second-order valence-electron chi connectivity index (χ2n) is 9.48. The minimum atomic E-state index is -4.04. The molecule has 3 aromatic carbocycles. The number of nitrogens with one attached hydrogen (secondary N) is 1. The quantitative estimate of drug-likeness (QED) is 0.406. The van der Waals surface area contributed by atoms with E-state index in [1.807, 2.05) is 45.0 Å². The summed E-state index contributed by atoms with van der Waals surface area (Å²) >= 11 is 0. The van der Waals surface area contributed by atoms with E-state index in [-0.39, 0.29) is 23.3 Å². The molecule has 0 heterocycles. The minimum Gasteiger partial charge on any atom is -0.354 e. The van der Waals surface area contributed by atoms with Gasteiger partial charge >= 0.3 is 0 Å². The first-order chi connectivity index (χ1) is 17.6. The monoisotopic (exact) mass is 521 g/mol. The third kappa shape index (κ3) is 7.43. The van der Waals surface area contributed by atoms with Crippen LogP contribution in [0.5, 0.6) is 0 Å². The lowest BCUT2D eigenvalue weighted by Crippen LogP contribution is -2.51. The number of benzene rings is 3. The second-order valence-corrected chi connectivity index (χ2v) is 11.3. The molecular formula is C29H35N3O4S. The highest BCUT2D eigenvalue weighted by Crippen LogP contribution is 2.24. The molecule has 2 amide bonds. The van der Waals surface area contributed by atoms with Crippen LogP contribution in [-0.2, 0) is 26.2 Å². The average Bonchev–Trinajstić information content (AvgIpc) is 2.90. The van der Waals surface area contributed by atoms with Gasteiger partial charge in [0.05, 0.1) is 10.6 Å². The predicted molar refractivity (Wildman–Crippen MR) is 146 cm³/mol. The Morgan fingerprint density at radius 2 is 1.41 bits per heavy atom. The third-order valence-electron chi connectivity index (χ3n) is 5.98. The zero-order valence-corrected chi connectivity index (χ0v) is 22.6. The molecule has 0 aliphatic rings. The molecule has 1 unspecified atom stereocenters. The Labute approximate surface area is 220 Å². The Morgan fingerprint density at radius 3 is 1.97 bits per heavy atom. The lowest BCUT2D eigenvalue weighted by molar-refractivity contribution is -0.139. The van der Waals surface area contributed by atoms with Crippen molar-refractivity contribution in [1.82, 2.24) is 10.2 Å². The number of carbonyl (C=O) groups is 2. The van der Waals surface area contributed by atoms with Crippen molar-refractivity contribution in [3.05, 3.63) is 96.1 Å². The first-order valence-electron chi connectivity index (χ1n) is 12.3. The molecule has 0 radical (unpaired) electrons. The standard InChI is InChI=1S/C29H35N3O4S/c1-22(2)19-30-29(34)24(4)31(20-25-17-15-23(3)16-18-25)28(33)21-32(26-11-7-5-8-12-26)37(35,36)27-13-9-6-10-14-27/h5-18,22,24H,19-21H2,1-4H3,(H,30,34). The van der Waals surface area contributed by atoms with Crippen molar-refractivity contribution >= 4 is 27.5 Å². The van der Waals surface area contributed by atoms with Gasteiger partial charge in [0, 0.05) is 13.1 Å². The van der Waals surface area contributed by atoms with Gasteiger partial charge in [-0.2, -0.15) is 0 Å². The number of hydrogen-bond donors (Lipinski definition) is 1. The van der Waals surface area contributed by atoms with Crippen LogP contribution in [0, 0.1) is 12.8 Å². The van der Waals surface area contributed by atoms with E-state index in [2.05, 4.69) is 5.32 Å². The largest absolute Gasteiger partial charge is 0.354 e. The highest BCUT2D eigenvalue weighted by atomic mass is 32.2. The van der Waals surface area contributed by atoms with Gasteiger partial charge in [-0.25, -0.2) is 8.42 Å². The number of hydrogen-bond acceptors (Lipinski definition) is 4. The van der Waals surface area contributed by atoms with Crippen LogP contribution >= 0.6 is 0 Å². The van der Waals surface area contributed by atoms with Crippen molar-refractivity contribution in [3.8, 4) is 0 Å². The number of carbonyl (C=O) groups excluding carboxylic acids is 2. The summed E-state index contributed by atoms with van der Waals surface area (Å²) in [5, 5.41) is 2.89. The van der Waals surface area contributed by atoms with Crippen LogP contribution in [0.4, 0.5) is 5.69 Å². The van der Waals surface area contributed by atoms with Crippen molar-refractivity contribution in [3.63, 3.8) is 0 Å². The Balaban J connectivity index is 1.96. The summed E-state index contributed by atoms with van der Waals surface area (Å²) in [7, 11) is -4.04. The highest BCUT2D eigenvalue weighted by molar-refractivity contribution is 7.92. The average molecular weight is 522 g/mol. The summed E-state index contributed by atoms with van der Waals surface area (Å²) in [6, 6.07) is 23.4. The normalized spacial score (nSPS) is 12.1. The van der Waals surface area contributed by atoms with Crippen molar-refractivity contribution in [2.24, 2.45) is 5.92 Å². The molecule has 1 N–H and O–H groups in total. The third-order valence-corrected chi connectivity index (χ3v) is 7.77. The Morgan fingerprint density at radius 1 is 0.838 bits per heavy atom. The fourth-order valence-corrected chi connectivity index (χ4v) is 5.20. The molecule has 0 aliphatic carbocycles. The minimum absolute atomic E-state index is 0.0828. The molecule has 0 spiro atoms. The highest BCUT2D eigenvalue weighted by Gasteiger charge is 2.32. The number of aryl methyl sites for hydroxylation is 1. The Kier molecular flexibility index (Phi) is 9.47. The lowest BCUT2D eigenvalue weighted by atomic mass is 10.1. The maximum atomic E-state index is 13.8. The molecule has 0 aromatic heterocycles. The fraction of sp³-hybridized carbons (Fsp3) is 0.310. The zero-order valence-electron chi connectivity index (χ0n) is 21.8. The van der Waals surface area contributed by atoms with Crippen LogP contribution in [0.15, 0.2) is 89.8 Å². The fourth-order valence-electron chi connectivity index (χ4n) is 3.77. The molecule has 0 aliphatic heterocycles. The van der Waals surface area contributed by atoms with E-state index in [1.165, 1.54) is 17.0 Å². The second kappa shape index (κ2) is 12.5. The molecule has 37 heavy (non-hydrogen) atoms. The number of anilines is 1. The first-order valence-corrected chi connectivity index (χ1v) is 13.8. The maximum Gasteiger partial charge on any atom is 0.264 e. The molecule has 0 saturated heterocycles. The van der Waals surface area contributed by atoms with Gasteiger partial charge in [0.2, 0.25) is 11.8 Å². The van der Waals surface area contributed by atoms with Crippen molar-refractivity contribution in [2.75, 3.05) is 17.4 Å². The van der Waals surface area contributed by atoms with Crippen molar-refractivity contribution in [1.29, 1.82) is 0 Å². The SMILES string of the molecule is Cc1ccc(CN(C(=O)CN(c2ccccc2)S(=O)(=O)c2ccccc2)C(C)C(=O)NCC(C)C)cc1. The molecule has 196 valence electrons. The van der Waals surface area contributed by atoms with E-state index in [0.29, 0.717) is 12.2 Å². The summed E-state index contributed by atoms with van der Waals surface area (Å²) in [6.45, 7) is 7.83. The van der Waals surface area contributed by atoms with E-state index >= 15 is 0 Å². The van der Waals surface area contributed by atoms with Crippen LogP contribution in [0.25, 0.3) is 0 Å². The molecule has 3 aromatic rings. The van der Waals surface area contributed by atoms with Gasteiger partial charge in [0.15, 0.2) is 0 Å². The zero-order chi connectivity index (χ0) is 27.0. The first kappa shape index (κ1) is 27.9. The molecule has 0 bridgehead atoms.